The smallest absolute Gasteiger partial charge is 0.407 e. The van der Waals surface area contributed by atoms with Crippen LogP contribution in [0.3, 0.4) is 0 Å². The van der Waals surface area contributed by atoms with Crippen molar-refractivity contribution in [2.45, 2.75) is 46.1 Å². The van der Waals surface area contributed by atoms with Crippen LogP contribution < -0.4 is 16.2 Å². The molecule has 1 aromatic rings. The zero-order valence-corrected chi connectivity index (χ0v) is 14.6. The molecule has 0 fully saturated rings. The van der Waals surface area contributed by atoms with E-state index in [0.717, 1.165) is 12.0 Å². The minimum Gasteiger partial charge on any atom is -0.444 e. The van der Waals surface area contributed by atoms with Crippen molar-refractivity contribution in [2.75, 3.05) is 6.54 Å². The van der Waals surface area contributed by atoms with Gasteiger partial charge in [0.2, 0.25) is 5.91 Å². The van der Waals surface area contributed by atoms with Gasteiger partial charge in [-0.2, -0.15) is 0 Å². The summed E-state index contributed by atoms with van der Waals surface area (Å²) in [5.74, 6) is -0.810. The first-order valence-electron chi connectivity index (χ1n) is 7.86. The Kier molecular flexibility index (Phi) is 7.23. The van der Waals surface area contributed by atoms with E-state index in [2.05, 4.69) is 16.2 Å². The van der Waals surface area contributed by atoms with Gasteiger partial charge in [-0.15, -0.1) is 0 Å². The summed E-state index contributed by atoms with van der Waals surface area (Å²) >= 11 is 0. The van der Waals surface area contributed by atoms with Gasteiger partial charge in [0.1, 0.15) is 5.60 Å². The summed E-state index contributed by atoms with van der Waals surface area (Å²) in [4.78, 5) is 34.9. The standard InChI is InChI=1S/C17H25N3O4/c1-5-12-6-8-13(9-7-12)15(22)20-19-14(21)10-11-18-16(23)24-17(2,3)4/h6-9H,5,10-11H2,1-4H3,(H,18,23)(H,19,21)(H,20,22). The Morgan fingerprint density at radius 2 is 1.67 bits per heavy atom. The average Bonchev–Trinajstić information content (AvgIpc) is 2.51. The number of alkyl carbamates (subject to hydrolysis) is 1. The van der Waals surface area contributed by atoms with Gasteiger partial charge in [0.25, 0.3) is 5.91 Å². The molecule has 0 radical (unpaired) electrons. The quantitative estimate of drug-likeness (QED) is 0.716. The number of aryl methyl sites for hydroxylation is 1. The van der Waals surface area contributed by atoms with Crippen molar-refractivity contribution < 1.29 is 19.1 Å². The summed E-state index contributed by atoms with van der Waals surface area (Å²) in [5.41, 5.74) is 5.63. The molecular formula is C17H25N3O4. The Hall–Kier alpha value is -2.57. The molecule has 1 rings (SSSR count). The lowest BCUT2D eigenvalue weighted by atomic mass is 10.1. The van der Waals surface area contributed by atoms with E-state index >= 15 is 0 Å². The zero-order valence-electron chi connectivity index (χ0n) is 14.6. The van der Waals surface area contributed by atoms with Gasteiger partial charge in [-0.25, -0.2) is 4.79 Å². The van der Waals surface area contributed by atoms with Crippen molar-refractivity contribution in [3.05, 3.63) is 35.4 Å². The van der Waals surface area contributed by atoms with Crippen molar-refractivity contribution in [1.29, 1.82) is 0 Å². The van der Waals surface area contributed by atoms with Gasteiger partial charge in [0.05, 0.1) is 0 Å². The monoisotopic (exact) mass is 335 g/mol. The molecule has 0 aliphatic rings. The van der Waals surface area contributed by atoms with Gasteiger partial charge in [0.15, 0.2) is 0 Å². The van der Waals surface area contributed by atoms with Crippen LogP contribution in [-0.2, 0) is 16.0 Å². The number of carbonyl (C=O) groups excluding carboxylic acids is 3. The first-order chi connectivity index (χ1) is 11.2. The van der Waals surface area contributed by atoms with Gasteiger partial charge < -0.3 is 10.1 Å². The molecule has 0 aromatic heterocycles. The highest BCUT2D eigenvalue weighted by molar-refractivity contribution is 5.95. The van der Waals surface area contributed by atoms with Crippen molar-refractivity contribution in [1.82, 2.24) is 16.2 Å². The molecule has 3 amide bonds. The van der Waals surface area contributed by atoms with E-state index in [1.165, 1.54) is 0 Å². The Morgan fingerprint density at radius 3 is 2.21 bits per heavy atom. The Morgan fingerprint density at radius 1 is 1.04 bits per heavy atom. The Bertz CT molecular complexity index is 576. The molecule has 0 saturated carbocycles. The van der Waals surface area contributed by atoms with Crippen LogP contribution in [0.1, 0.15) is 50.0 Å². The van der Waals surface area contributed by atoms with Crippen molar-refractivity contribution in [3.8, 4) is 0 Å². The van der Waals surface area contributed by atoms with Crippen LogP contribution in [0.4, 0.5) is 4.79 Å². The summed E-state index contributed by atoms with van der Waals surface area (Å²) < 4.78 is 5.04. The number of carbonyl (C=O) groups is 3. The Labute approximate surface area is 142 Å². The number of rotatable bonds is 5. The number of ether oxygens (including phenoxy) is 1. The SMILES string of the molecule is CCc1ccc(C(=O)NNC(=O)CCNC(=O)OC(C)(C)C)cc1. The van der Waals surface area contributed by atoms with E-state index in [1.807, 2.05) is 19.1 Å². The second-order valence-electron chi connectivity index (χ2n) is 6.23. The molecule has 24 heavy (non-hydrogen) atoms. The van der Waals surface area contributed by atoms with E-state index in [1.54, 1.807) is 32.9 Å². The van der Waals surface area contributed by atoms with Crippen LogP contribution in [0.2, 0.25) is 0 Å². The van der Waals surface area contributed by atoms with Crippen LogP contribution in [0.25, 0.3) is 0 Å². The van der Waals surface area contributed by atoms with Gasteiger partial charge in [-0.3, -0.25) is 20.4 Å². The Balaban J connectivity index is 2.28. The molecule has 0 unspecified atom stereocenters. The second-order valence-corrected chi connectivity index (χ2v) is 6.23. The summed E-state index contributed by atoms with van der Waals surface area (Å²) in [6, 6.07) is 7.12. The van der Waals surface area contributed by atoms with E-state index in [4.69, 9.17) is 4.74 Å². The highest BCUT2D eigenvalue weighted by Gasteiger charge is 2.16. The lowest BCUT2D eigenvalue weighted by Crippen LogP contribution is -2.43. The van der Waals surface area contributed by atoms with E-state index in [9.17, 15) is 14.4 Å². The maximum atomic E-state index is 11.9. The number of hydrogen-bond acceptors (Lipinski definition) is 4. The summed E-state index contributed by atoms with van der Waals surface area (Å²) in [6.07, 6.45) is 0.327. The van der Waals surface area contributed by atoms with Crippen molar-refractivity contribution >= 4 is 17.9 Å². The number of nitrogens with one attached hydrogen (secondary N) is 3. The van der Waals surface area contributed by atoms with Gasteiger partial charge >= 0.3 is 6.09 Å². The maximum Gasteiger partial charge on any atom is 0.407 e. The number of benzene rings is 1. The highest BCUT2D eigenvalue weighted by Crippen LogP contribution is 2.06. The molecule has 3 N–H and O–H groups in total. The summed E-state index contributed by atoms with van der Waals surface area (Å²) in [5, 5.41) is 2.47. The number of hydrazine groups is 1. The topological polar surface area (TPSA) is 96.5 Å². The lowest BCUT2D eigenvalue weighted by Gasteiger charge is -2.19. The van der Waals surface area contributed by atoms with Gasteiger partial charge in [-0.1, -0.05) is 19.1 Å². The second kappa shape index (κ2) is 8.90. The van der Waals surface area contributed by atoms with Crippen LogP contribution in [-0.4, -0.2) is 30.1 Å². The molecule has 0 saturated heterocycles. The predicted molar refractivity (Wildman–Crippen MR) is 90.3 cm³/mol. The highest BCUT2D eigenvalue weighted by atomic mass is 16.6. The van der Waals surface area contributed by atoms with Crippen molar-refractivity contribution in [3.63, 3.8) is 0 Å². The molecule has 0 spiro atoms. The van der Waals surface area contributed by atoms with Crippen LogP contribution >= 0.6 is 0 Å². The van der Waals surface area contributed by atoms with E-state index in [-0.39, 0.29) is 13.0 Å². The fraction of sp³-hybridized carbons (Fsp3) is 0.471. The largest absolute Gasteiger partial charge is 0.444 e. The van der Waals surface area contributed by atoms with Crippen LogP contribution in [0.5, 0.6) is 0 Å². The third-order valence-electron chi connectivity index (χ3n) is 2.96. The molecule has 0 heterocycles. The minimum atomic E-state index is -0.590. The molecular weight excluding hydrogens is 310 g/mol. The molecule has 1 aromatic carbocycles. The predicted octanol–water partition coefficient (Wildman–Crippen LogP) is 1.92. The van der Waals surface area contributed by atoms with Crippen LogP contribution in [0.15, 0.2) is 24.3 Å². The molecule has 0 atom stereocenters. The summed E-state index contributed by atoms with van der Waals surface area (Å²) in [6.45, 7) is 7.40. The summed E-state index contributed by atoms with van der Waals surface area (Å²) in [7, 11) is 0. The normalized spacial score (nSPS) is 10.7. The fourth-order valence-corrected chi connectivity index (χ4v) is 1.75. The van der Waals surface area contributed by atoms with Gasteiger partial charge in [-0.05, 0) is 44.9 Å². The molecule has 0 bridgehead atoms. The first-order valence-corrected chi connectivity index (χ1v) is 7.86. The number of amides is 3. The van der Waals surface area contributed by atoms with Gasteiger partial charge in [0, 0.05) is 18.5 Å². The van der Waals surface area contributed by atoms with Crippen LogP contribution in [0, 0.1) is 0 Å². The third kappa shape index (κ3) is 7.62. The molecule has 0 aliphatic carbocycles. The number of hydrogen-bond donors (Lipinski definition) is 3. The van der Waals surface area contributed by atoms with E-state index < -0.39 is 23.5 Å². The maximum absolute atomic E-state index is 11.9. The lowest BCUT2D eigenvalue weighted by molar-refractivity contribution is -0.121. The minimum absolute atomic E-state index is 0.0221. The first kappa shape index (κ1) is 19.5. The zero-order chi connectivity index (χ0) is 18.2. The fourth-order valence-electron chi connectivity index (χ4n) is 1.75. The molecule has 132 valence electrons. The average molecular weight is 335 g/mol. The van der Waals surface area contributed by atoms with Crippen molar-refractivity contribution in [2.24, 2.45) is 0 Å². The molecule has 7 nitrogen and oxygen atoms in total. The third-order valence-corrected chi connectivity index (χ3v) is 2.96. The molecule has 7 heteroatoms. The van der Waals surface area contributed by atoms with E-state index in [0.29, 0.717) is 5.56 Å². The molecule has 0 aliphatic heterocycles.